The lowest BCUT2D eigenvalue weighted by Crippen LogP contribution is -0.382. The highest BCUT2D eigenvalue weighted by atomic mass is 10.8. The fourth-order valence-corrected chi connectivity index (χ4v) is 0. The molecule has 0 spiro atoms. The zero-order valence-electron chi connectivity index (χ0n) is 0. The molecule has 6 heavy (non-hydrogen) atoms. The largest absolute Gasteiger partial charge is 0.0814 e. The molecule has 0 aromatic heterocycles. The standard InChI is InChI=1S/6BH3/h6*1H3. The third kappa shape index (κ3) is 332. The molecule has 0 aromatic rings. The SMILES string of the molecule is B.B.B.B.B.B. The smallest absolute Gasteiger partial charge is 0.0814 e. The Morgan fingerprint density at radius 3 is 0.167 bits per heavy atom. The van der Waals surface area contributed by atoms with E-state index in [2.05, 4.69) is 0 Å². The Morgan fingerprint density at radius 2 is 0.167 bits per heavy atom. The van der Waals surface area contributed by atoms with Crippen LogP contribution >= 0.6 is 0 Å². The van der Waals surface area contributed by atoms with Crippen LogP contribution < -0.4 is 0 Å². The van der Waals surface area contributed by atoms with E-state index in [9.17, 15) is 0 Å². The molecule has 0 unspecified atom stereocenters. The Hall–Kier alpha value is 0.390. The summed E-state index contributed by atoms with van der Waals surface area (Å²) in [6, 6.07) is 0. The molecular formula is H18B6. The van der Waals surface area contributed by atoms with Gasteiger partial charge in [0, 0.05) is 0 Å². The van der Waals surface area contributed by atoms with Gasteiger partial charge in [0.2, 0.25) is 0 Å². The van der Waals surface area contributed by atoms with Crippen molar-refractivity contribution < 1.29 is 0 Å². The Morgan fingerprint density at radius 1 is 0.167 bits per heavy atom. The van der Waals surface area contributed by atoms with E-state index in [1.54, 1.807) is 0 Å². The lowest BCUT2D eigenvalue weighted by molar-refractivity contribution is 5.75. The first-order chi connectivity index (χ1) is 0. The molecule has 0 aliphatic rings. The molecule has 0 fully saturated rings. The van der Waals surface area contributed by atoms with E-state index in [1.165, 1.54) is 0 Å². The van der Waals surface area contributed by atoms with Crippen LogP contribution in [0.4, 0.5) is 0 Å². The molecular weight excluding hydrogens is 64.9 g/mol. The summed E-state index contributed by atoms with van der Waals surface area (Å²) in [5.74, 6) is 0. The van der Waals surface area contributed by atoms with Crippen molar-refractivity contribution in [2.45, 2.75) is 0 Å². The van der Waals surface area contributed by atoms with E-state index >= 15 is 0 Å². The Labute approximate surface area is 51.3 Å². The molecule has 0 N–H and O–H groups in total. The van der Waals surface area contributed by atoms with E-state index in [0.717, 1.165) is 0 Å². The van der Waals surface area contributed by atoms with Crippen molar-refractivity contribution in [3.63, 3.8) is 0 Å². The molecule has 0 bridgehead atoms. The van der Waals surface area contributed by atoms with Gasteiger partial charge in [0.25, 0.3) is 0 Å². The quantitative estimate of drug-likeness (QED) is 0.255. The van der Waals surface area contributed by atoms with Crippen molar-refractivity contribution in [2.75, 3.05) is 0 Å². The highest BCUT2D eigenvalue weighted by Gasteiger charge is 0.0864. The number of rotatable bonds is 0. The van der Waals surface area contributed by atoms with Crippen molar-refractivity contribution in [3.8, 4) is 0 Å². The Bertz CT molecular complexity index is 0. The Kier molecular flexibility index (Phi) is 139000. The molecule has 0 atom stereocenters. The van der Waals surface area contributed by atoms with Crippen LogP contribution in [0.2, 0.25) is 0 Å². The van der Waals surface area contributed by atoms with E-state index in [4.69, 9.17) is 0 Å². The van der Waals surface area contributed by atoms with Gasteiger partial charge < -0.3 is 0 Å². The van der Waals surface area contributed by atoms with Crippen LogP contribution in [0.3, 0.4) is 0 Å². The molecule has 0 rings (SSSR count). The van der Waals surface area contributed by atoms with E-state index < -0.39 is 0 Å². The van der Waals surface area contributed by atoms with Crippen LogP contribution in [0.25, 0.3) is 0 Å². The molecule has 36 valence electrons. The van der Waals surface area contributed by atoms with Gasteiger partial charge in [0.15, 0.2) is 0 Å². The number of hydrogen-bond donors (Lipinski definition) is 0. The van der Waals surface area contributed by atoms with Gasteiger partial charge in [-0.15, -0.1) is 0 Å². The first-order valence-electron chi connectivity index (χ1n) is 0. The summed E-state index contributed by atoms with van der Waals surface area (Å²) >= 11 is 0. The maximum Gasteiger partial charge on any atom is 0.0814 e. The second kappa shape index (κ2) is 684. The predicted molar refractivity (Wildman–Crippen MR) is 59.6 cm³/mol. The zero-order chi connectivity index (χ0) is 0. The van der Waals surface area contributed by atoms with Crippen LogP contribution in [0.1, 0.15) is 0 Å². The van der Waals surface area contributed by atoms with Crippen LogP contribution in [0.5, 0.6) is 0 Å². The van der Waals surface area contributed by atoms with Crippen LogP contribution in [-0.2, 0) is 0 Å². The van der Waals surface area contributed by atoms with E-state index in [0.29, 0.717) is 0 Å². The molecule has 0 aromatic carbocycles. The van der Waals surface area contributed by atoms with Gasteiger partial charge in [0.05, 0.1) is 50.5 Å². The summed E-state index contributed by atoms with van der Waals surface area (Å²) in [6.45, 7) is 0. The van der Waals surface area contributed by atoms with Crippen molar-refractivity contribution >= 4 is 50.5 Å². The van der Waals surface area contributed by atoms with Crippen LogP contribution in [0, 0.1) is 0 Å². The molecule has 0 aliphatic carbocycles. The molecule has 0 radical (unpaired) electrons. The maximum absolute atomic E-state index is 0. The minimum Gasteiger partial charge on any atom is 0.0814 e. The lowest BCUT2D eigenvalue weighted by Gasteiger charge is 0.0804. The lowest BCUT2D eigenvalue weighted by atomic mass is 10.8. The molecule has 0 heterocycles. The van der Waals surface area contributed by atoms with Gasteiger partial charge >= 0.3 is 0 Å². The van der Waals surface area contributed by atoms with Gasteiger partial charge in [-0.3, -0.25) is 0 Å². The first kappa shape index (κ1) is 1220. The fourth-order valence-electron chi connectivity index (χ4n) is 0. The molecule has 0 saturated heterocycles. The third-order valence-corrected chi connectivity index (χ3v) is 0. The summed E-state index contributed by atoms with van der Waals surface area (Å²) in [5, 5.41) is 0. The van der Waals surface area contributed by atoms with Crippen molar-refractivity contribution in [1.82, 2.24) is 0 Å². The summed E-state index contributed by atoms with van der Waals surface area (Å²) in [4.78, 5) is 0. The average Bonchev–Trinajstić information content (AvgIpc) is 0. The fraction of sp³-hybridized carbons (Fsp3) is 0. The highest BCUT2D eigenvalue weighted by molar-refractivity contribution is 5.76. The van der Waals surface area contributed by atoms with Crippen LogP contribution in [-0.4, -0.2) is 50.5 Å². The molecule has 6 heteroatoms. The van der Waals surface area contributed by atoms with Gasteiger partial charge in [-0.05, 0) is 0 Å². The molecule has 0 amide bonds. The second-order valence-electron chi connectivity index (χ2n) is 0. The summed E-state index contributed by atoms with van der Waals surface area (Å²) < 4.78 is 0. The van der Waals surface area contributed by atoms with Crippen molar-refractivity contribution in [3.05, 3.63) is 0 Å². The summed E-state index contributed by atoms with van der Waals surface area (Å²) in [5.41, 5.74) is 0. The normalized spacial score (nSPS) is 0. The maximum atomic E-state index is 0. The van der Waals surface area contributed by atoms with Crippen LogP contribution in [0.15, 0.2) is 0 Å². The van der Waals surface area contributed by atoms with Gasteiger partial charge in [-0.1, -0.05) is 0 Å². The van der Waals surface area contributed by atoms with Gasteiger partial charge in [-0.25, -0.2) is 0 Å². The Balaban J connectivity index is 0. The highest BCUT2D eigenvalue weighted by Crippen LogP contribution is -0.376. The third-order valence-electron chi connectivity index (χ3n) is 0. The van der Waals surface area contributed by atoms with Gasteiger partial charge in [-0.2, -0.15) is 0 Å². The van der Waals surface area contributed by atoms with E-state index in [-0.39, 0.29) is 50.5 Å². The van der Waals surface area contributed by atoms with Crippen molar-refractivity contribution in [2.24, 2.45) is 0 Å². The predicted octanol–water partition coefficient (Wildman–Crippen LogP) is -7.10. The zero-order valence-corrected chi connectivity index (χ0v) is 0. The summed E-state index contributed by atoms with van der Waals surface area (Å²) in [6.07, 6.45) is 0. The second-order valence-corrected chi connectivity index (χ2v) is 0. The minimum atomic E-state index is 0. The van der Waals surface area contributed by atoms with Gasteiger partial charge in [0.1, 0.15) is 0 Å². The molecule has 0 aliphatic heterocycles. The number of hydrogen-bond acceptors (Lipinski definition) is 0. The first-order valence-corrected chi connectivity index (χ1v) is 0. The molecule has 0 nitrogen and oxygen atoms in total. The average molecular weight is 83.0 g/mol. The monoisotopic (exact) mass is 84.2 g/mol. The molecule has 0 saturated carbocycles. The topological polar surface area (TPSA) is 0 Å². The minimum absolute atomic E-state index is 0. The van der Waals surface area contributed by atoms with Crippen molar-refractivity contribution in [1.29, 1.82) is 0 Å². The summed E-state index contributed by atoms with van der Waals surface area (Å²) in [7, 11) is 0. The van der Waals surface area contributed by atoms with E-state index in [1.807, 2.05) is 0 Å².